The first-order chi connectivity index (χ1) is 8.65. The van der Waals surface area contributed by atoms with Crippen LogP contribution in [0.1, 0.15) is 5.56 Å². The molecule has 0 aliphatic heterocycles. The normalized spacial score (nSPS) is 11.1. The van der Waals surface area contributed by atoms with Crippen LogP contribution in [0.15, 0.2) is 40.8 Å². The number of halogens is 2. The molecule has 2 aromatic carbocycles. The van der Waals surface area contributed by atoms with Crippen LogP contribution in [0.25, 0.3) is 22.6 Å². The smallest absolute Gasteiger partial charge is 0.228 e. The Bertz CT molecular complexity index is 734. The summed E-state index contributed by atoms with van der Waals surface area (Å²) in [5, 5.41) is 1.13. The first-order valence-corrected chi connectivity index (χ1v) is 6.22. The van der Waals surface area contributed by atoms with Gasteiger partial charge in [0.1, 0.15) is 5.52 Å². The van der Waals surface area contributed by atoms with E-state index in [0.717, 1.165) is 22.2 Å². The van der Waals surface area contributed by atoms with E-state index in [1.54, 1.807) is 12.1 Å². The van der Waals surface area contributed by atoms with Crippen molar-refractivity contribution < 1.29 is 4.42 Å². The summed E-state index contributed by atoms with van der Waals surface area (Å²) in [7, 11) is 0. The zero-order valence-corrected chi connectivity index (χ0v) is 11.1. The zero-order valence-electron chi connectivity index (χ0n) is 9.58. The predicted octanol–water partition coefficient (Wildman–Crippen LogP) is 5.11. The summed E-state index contributed by atoms with van der Waals surface area (Å²) in [5.41, 5.74) is 3.44. The van der Waals surface area contributed by atoms with Crippen molar-refractivity contribution >= 4 is 34.3 Å². The van der Waals surface area contributed by atoms with E-state index in [-0.39, 0.29) is 0 Å². The fourth-order valence-electron chi connectivity index (χ4n) is 1.86. The van der Waals surface area contributed by atoms with E-state index < -0.39 is 0 Å². The maximum atomic E-state index is 6.15. The predicted molar refractivity (Wildman–Crippen MR) is 74.2 cm³/mol. The highest BCUT2D eigenvalue weighted by Crippen LogP contribution is 2.32. The van der Waals surface area contributed by atoms with E-state index >= 15 is 0 Å². The molecular weight excluding hydrogens is 269 g/mol. The lowest BCUT2D eigenvalue weighted by atomic mass is 10.2. The summed E-state index contributed by atoms with van der Waals surface area (Å²) < 4.78 is 5.72. The summed E-state index contributed by atoms with van der Waals surface area (Å²) in [4.78, 5) is 4.48. The Morgan fingerprint density at radius 2 is 1.94 bits per heavy atom. The highest BCUT2D eigenvalue weighted by molar-refractivity contribution is 6.36. The minimum absolute atomic E-state index is 0.515. The third kappa shape index (κ3) is 1.88. The van der Waals surface area contributed by atoms with Crippen molar-refractivity contribution in [2.45, 2.75) is 6.92 Å². The maximum absolute atomic E-state index is 6.15. The lowest BCUT2D eigenvalue weighted by Gasteiger charge is -1.99. The molecule has 0 atom stereocenters. The van der Waals surface area contributed by atoms with Crippen LogP contribution in [0.3, 0.4) is 0 Å². The van der Waals surface area contributed by atoms with Crippen LogP contribution in [0, 0.1) is 6.92 Å². The second-order valence-corrected chi connectivity index (χ2v) is 4.91. The van der Waals surface area contributed by atoms with E-state index in [1.165, 1.54) is 0 Å². The van der Waals surface area contributed by atoms with Gasteiger partial charge in [-0.1, -0.05) is 35.3 Å². The fraction of sp³-hybridized carbons (Fsp3) is 0.0714. The molecule has 1 aromatic heterocycles. The molecule has 0 saturated heterocycles. The van der Waals surface area contributed by atoms with Gasteiger partial charge in [-0.25, -0.2) is 4.98 Å². The minimum Gasteiger partial charge on any atom is -0.436 e. The van der Waals surface area contributed by atoms with Gasteiger partial charge in [0.15, 0.2) is 5.58 Å². The lowest BCUT2D eigenvalue weighted by molar-refractivity contribution is 0.620. The zero-order chi connectivity index (χ0) is 12.7. The molecule has 0 aliphatic carbocycles. The van der Waals surface area contributed by atoms with E-state index in [9.17, 15) is 0 Å². The number of benzene rings is 2. The van der Waals surface area contributed by atoms with E-state index in [2.05, 4.69) is 4.98 Å². The Morgan fingerprint density at radius 3 is 2.67 bits per heavy atom. The third-order valence-corrected chi connectivity index (χ3v) is 3.33. The van der Waals surface area contributed by atoms with Gasteiger partial charge < -0.3 is 4.42 Å². The fourth-order valence-corrected chi connectivity index (χ4v) is 2.35. The molecule has 1 heterocycles. The molecule has 0 bridgehead atoms. The van der Waals surface area contributed by atoms with Gasteiger partial charge in [0.05, 0.1) is 10.6 Å². The molecule has 0 spiro atoms. The topological polar surface area (TPSA) is 26.0 Å². The molecule has 0 saturated carbocycles. The number of fused-ring (bicyclic) bond motifs is 1. The number of hydrogen-bond acceptors (Lipinski definition) is 2. The average molecular weight is 278 g/mol. The van der Waals surface area contributed by atoms with Crippen molar-refractivity contribution in [1.82, 2.24) is 4.98 Å². The summed E-state index contributed by atoms with van der Waals surface area (Å²) in [6.45, 7) is 2.00. The van der Waals surface area contributed by atoms with Gasteiger partial charge >= 0.3 is 0 Å². The SMILES string of the molecule is Cc1cccc2oc(-c3ccc(Cl)cc3Cl)nc12. The summed E-state index contributed by atoms with van der Waals surface area (Å²) in [6, 6.07) is 11.1. The van der Waals surface area contributed by atoms with Crippen molar-refractivity contribution in [2.24, 2.45) is 0 Å². The van der Waals surface area contributed by atoms with Gasteiger partial charge in [0.25, 0.3) is 0 Å². The summed E-state index contributed by atoms with van der Waals surface area (Å²) in [5.74, 6) is 0.515. The van der Waals surface area contributed by atoms with Gasteiger partial charge in [-0.05, 0) is 36.8 Å². The highest BCUT2D eigenvalue weighted by Gasteiger charge is 2.12. The van der Waals surface area contributed by atoms with Gasteiger partial charge in [0, 0.05) is 5.02 Å². The maximum Gasteiger partial charge on any atom is 0.228 e. The Hall–Kier alpha value is -1.51. The molecule has 0 aliphatic rings. The molecule has 90 valence electrons. The van der Waals surface area contributed by atoms with Crippen molar-refractivity contribution in [3.05, 3.63) is 52.0 Å². The van der Waals surface area contributed by atoms with Gasteiger partial charge in [-0.2, -0.15) is 0 Å². The van der Waals surface area contributed by atoms with Crippen LogP contribution in [0.5, 0.6) is 0 Å². The van der Waals surface area contributed by atoms with Gasteiger partial charge in [-0.3, -0.25) is 0 Å². The van der Waals surface area contributed by atoms with Crippen LogP contribution in [0.4, 0.5) is 0 Å². The lowest BCUT2D eigenvalue weighted by Crippen LogP contribution is -1.80. The largest absolute Gasteiger partial charge is 0.436 e. The third-order valence-electron chi connectivity index (χ3n) is 2.78. The monoisotopic (exact) mass is 277 g/mol. The van der Waals surface area contributed by atoms with Crippen molar-refractivity contribution in [3.63, 3.8) is 0 Å². The first-order valence-electron chi connectivity index (χ1n) is 5.47. The molecule has 0 radical (unpaired) electrons. The van der Waals surface area contributed by atoms with Crippen LogP contribution in [0.2, 0.25) is 10.0 Å². The molecule has 2 nitrogen and oxygen atoms in total. The van der Waals surface area contributed by atoms with Gasteiger partial charge in [0.2, 0.25) is 5.89 Å². The van der Waals surface area contributed by atoms with Crippen LogP contribution in [-0.2, 0) is 0 Å². The first kappa shape index (κ1) is 11.6. The minimum atomic E-state index is 0.515. The van der Waals surface area contributed by atoms with Crippen LogP contribution >= 0.6 is 23.2 Å². The summed E-state index contributed by atoms with van der Waals surface area (Å²) >= 11 is 12.0. The van der Waals surface area contributed by atoms with Crippen LogP contribution < -0.4 is 0 Å². The summed E-state index contributed by atoms with van der Waals surface area (Å²) in [6.07, 6.45) is 0. The molecule has 0 N–H and O–H groups in total. The molecular formula is C14H9Cl2NO. The Morgan fingerprint density at radius 1 is 1.11 bits per heavy atom. The number of aryl methyl sites for hydroxylation is 1. The molecule has 3 aromatic rings. The van der Waals surface area contributed by atoms with Crippen LogP contribution in [-0.4, -0.2) is 4.98 Å². The Balaban J connectivity index is 2.23. The Kier molecular flexibility index (Phi) is 2.77. The van der Waals surface area contributed by atoms with Crippen molar-refractivity contribution in [3.8, 4) is 11.5 Å². The quantitative estimate of drug-likeness (QED) is 0.618. The highest BCUT2D eigenvalue weighted by atomic mass is 35.5. The molecule has 18 heavy (non-hydrogen) atoms. The molecule has 3 rings (SSSR count). The van der Waals surface area contributed by atoms with Crippen molar-refractivity contribution in [1.29, 1.82) is 0 Å². The molecule has 0 unspecified atom stereocenters. The standard InChI is InChI=1S/C14H9Cl2NO/c1-8-3-2-4-12-13(8)17-14(18-12)10-6-5-9(15)7-11(10)16/h2-7H,1H3. The van der Waals surface area contributed by atoms with Gasteiger partial charge in [-0.15, -0.1) is 0 Å². The molecule has 4 heteroatoms. The molecule has 0 amide bonds. The number of para-hydroxylation sites is 1. The number of rotatable bonds is 1. The Labute approximate surface area is 114 Å². The van der Waals surface area contributed by atoms with Crippen molar-refractivity contribution in [2.75, 3.05) is 0 Å². The van der Waals surface area contributed by atoms with E-state index in [0.29, 0.717) is 15.9 Å². The second-order valence-electron chi connectivity index (χ2n) is 4.06. The average Bonchev–Trinajstić information content (AvgIpc) is 2.74. The number of hydrogen-bond donors (Lipinski definition) is 0. The van der Waals surface area contributed by atoms with E-state index in [4.69, 9.17) is 27.6 Å². The molecule has 0 fully saturated rings. The second kappa shape index (κ2) is 4.30. The van der Waals surface area contributed by atoms with E-state index in [1.807, 2.05) is 31.2 Å². The number of oxazole rings is 1. The number of aromatic nitrogens is 1. The number of nitrogens with zero attached hydrogens (tertiary/aromatic N) is 1.